The van der Waals surface area contributed by atoms with E-state index in [0.717, 1.165) is 7.85 Å². The molecular formula is C82H58I2-2. The van der Waals surface area contributed by atoms with Gasteiger partial charge in [0.1, 0.15) is 0 Å². The summed E-state index contributed by atoms with van der Waals surface area (Å²) >= 11 is -0.279. The zero-order chi connectivity index (χ0) is 56.0. The predicted molar refractivity (Wildman–Crippen MR) is 357 cm³/mol. The van der Waals surface area contributed by atoms with Crippen LogP contribution in [-0.2, 0) is 0 Å². The molecule has 19 rings (SSSR count). The topological polar surface area (TPSA) is 0 Å². The third kappa shape index (κ3) is 6.00. The summed E-state index contributed by atoms with van der Waals surface area (Å²) < 4.78 is 4.67. The van der Waals surface area contributed by atoms with E-state index in [1.807, 2.05) is 0 Å². The van der Waals surface area contributed by atoms with Crippen LogP contribution in [0, 0.1) is 34.8 Å². The number of hydrogen-bond donors (Lipinski definition) is 0. The van der Waals surface area contributed by atoms with Gasteiger partial charge in [-0.25, -0.2) is 0 Å². The molecule has 2 aliphatic carbocycles. The number of benzene rings is 15. The van der Waals surface area contributed by atoms with Gasteiger partial charge in [0.05, 0.1) is 0 Å². The van der Waals surface area contributed by atoms with Gasteiger partial charge in [-0.05, 0) is 25.0 Å². The Morgan fingerprint density at radius 2 is 0.512 bits per heavy atom. The van der Waals surface area contributed by atoms with Gasteiger partial charge < -0.3 is 0 Å². The van der Waals surface area contributed by atoms with Gasteiger partial charge in [-0.3, -0.25) is 0 Å². The molecule has 402 valence electrons. The Balaban J connectivity index is 0.946. The molecular weight excluding hydrogens is 1240 g/mol. The van der Waals surface area contributed by atoms with Crippen molar-refractivity contribution >= 4 is 129 Å². The van der Waals surface area contributed by atoms with Crippen molar-refractivity contribution in [3.8, 4) is 66.8 Å². The number of halogens is 2. The first-order valence-electron chi connectivity index (χ1n) is 30.4. The number of fused-ring (bicyclic) bond motifs is 16. The van der Waals surface area contributed by atoms with Crippen LogP contribution in [0.2, 0.25) is 0 Å². The molecule has 2 unspecified atom stereocenters. The molecule has 0 N–H and O–H groups in total. The van der Waals surface area contributed by atoms with Crippen LogP contribution in [-0.4, -0.2) is 7.85 Å². The van der Waals surface area contributed by atoms with Crippen molar-refractivity contribution in [2.75, 3.05) is 0 Å². The molecule has 2 heteroatoms. The Hall–Kier alpha value is -7.64. The molecule has 0 aromatic heterocycles. The normalized spacial score (nSPS) is 13.9. The quantitative estimate of drug-likeness (QED) is 0.0616. The first-order valence-corrected chi connectivity index (χ1v) is 35.1. The summed E-state index contributed by atoms with van der Waals surface area (Å²) in [6, 6.07) is 68.8. The van der Waals surface area contributed by atoms with Crippen molar-refractivity contribution in [3.05, 3.63) is 199 Å². The van der Waals surface area contributed by atoms with E-state index in [1.54, 1.807) is 7.14 Å². The number of rotatable bonds is 8. The SMILES string of the molecule is CCC(C)[I-]c1ccc(C)c2c1-c1ccc3c4ccc5c6c(-c7ccc(C)cc7)c7c8ccc9c%10ccc%11c%12c(ccc(c%13ccc(c7c(-c7ccc(C)cc7)c6c6ccc(c7ccc-2c1c73)c4c65)c8c%139)c%12%10)-c1c(C)ccc([I-]C(C)CC)c1-%11. The fourth-order valence-corrected chi connectivity index (χ4v) is 22.3. The summed E-state index contributed by atoms with van der Waals surface area (Å²) in [5.41, 5.74) is 22.2. The monoisotopic (exact) mass is 1300 g/mol. The van der Waals surface area contributed by atoms with Gasteiger partial charge in [-0.15, -0.1) is 0 Å². The van der Waals surface area contributed by atoms with Crippen molar-refractivity contribution in [2.24, 2.45) is 0 Å². The second kappa shape index (κ2) is 17.0. The third-order valence-corrected chi connectivity index (χ3v) is 27.6. The van der Waals surface area contributed by atoms with Crippen LogP contribution < -0.4 is 42.4 Å². The van der Waals surface area contributed by atoms with E-state index < -0.39 is 0 Å². The molecule has 0 heterocycles. The van der Waals surface area contributed by atoms with E-state index in [4.69, 9.17) is 0 Å². The molecule has 0 fully saturated rings. The summed E-state index contributed by atoms with van der Waals surface area (Å²) in [6.07, 6.45) is 2.46. The molecule has 17 aromatic rings. The van der Waals surface area contributed by atoms with E-state index in [9.17, 15) is 0 Å². The summed E-state index contributed by atoms with van der Waals surface area (Å²) in [5, 5.41) is 33.1. The molecule has 0 radical (unpaired) electrons. The zero-order valence-electron chi connectivity index (χ0n) is 48.5. The van der Waals surface area contributed by atoms with Crippen molar-refractivity contribution in [2.45, 2.75) is 76.1 Å². The van der Waals surface area contributed by atoms with E-state index in [1.165, 1.54) is 231 Å². The van der Waals surface area contributed by atoms with Crippen LogP contribution in [0.5, 0.6) is 0 Å². The van der Waals surface area contributed by atoms with Gasteiger partial charge in [0, 0.05) is 0 Å². The van der Waals surface area contributed by atoms with Crippen molar-refractivity contribution in [1.29, 1.82) is 0 Å². The van der Waals surface area contributed by atoms with Crippen LogP contribution in [0.4, 0.5) is 0 Å². The Morgan fingerprint density at radius 1 is 0.250 bits per heavy atom. The van der Waals surface area contributed by atoms with Gasteiger partial charge in [0.25, 0.3) is 0 Å². The van der Waals surface area contributed by atoms with Crippen LogP contribution in [0.3, 0.4) is 0 Å². The predicted octanol–water partition coefficient (Wildman–Crippen LogP) is 17.3. The molecule has 0 spiro atoms. The van der Waals surface area contributed by atoms with Crippen molar-refractivity contribution < 1.29 is 42.4 Å². The molecule has 84 heavy (non-hydrogen) atoms. The maximum atomic E-state index is 2.53. The fraction of sp³-hybridized carbons (Fsp3) is 0.146. The molecule has 2 aliphatic rings. The van der Waals surface area contributed by atoms with Crippen molar-refractivity contribution in [3.63, 3.8) is 0 Å². The second-order valence-corrected chi connectivity index (χ2v) is 32.9. The zero-order valence-corrected chi connectivity index (χ0v) is 52.8. The van der Waals surface area contributed by atoms with Gasteiger partial charge in [0.15, 0.2) is 0 Å². The minimum absolute atomic E-state index is 0.140. The number of aryl methyl sites for hydroxylation is 4. The molecule has 0 aliphatic heterocycles. The van der Waals surface area contributed by atoms with E-state index >= 15 is 0 Å². The average Bonchev–Trinajstić information content (AvgIpc) is 1.50. The van der Waals surface area contributed by atoms with E-state index in [2.05, 4.69) is 225 Å². The summed E-state index contributed by atoms with van der Waals surface area (Å²) in [4.78, 5) is 0. The second-order valence-electron chi connectivity index (χ2n) is 25.1. The van der Waals surface area contributed by atoms with Gasteiger partial charge in [-0.1, -0.05) is 59.7 Å². The van der Waals surface area contributed by atoms with Gasteiger partial charge >= 0.3 is 429 Å². The maximum absolute atomic E-state index is 2.53. The molecule has 17 aromatic carbocycles. The standard InChI is InChI=1S/C82H58I2/c1-9-43(7)83-63-37-15-41(5)65-55-29-21-47-51-25-33-59-75-61(35-27-53(71(51)75)49-23-31-57(77(63)65)73(55)69(47)49)81-68(46-19-13-40(4)14-20-46)82-62-36-28-54-50-24-32-58-74-56(66-42(6)16-38-64(78(58)66)84-44(8)10-2)30-22-48(70(50)74)52-26-34-60(76(62)72(52)54)80(82)67(79(59)81)45-17-11-39(3)12-18-45/h11-38,43-44H,9-10H2,1-8H3/q-2. The molecule has 0 nitrogen and oxygen atoms in total. The molecule has 0 bridgehead atoms. The molecule has 2 atom stereocenters. The summed E-state index contributed by atoms with van der Waals surface area (Å²) in [5.74, 6) is 0. The Bertz CT molecular complexity index is 5280. The fourth-order valence-electron chi connectivity index (χ4n) is 16.6. The Morgan fingerprint density at radius 3 is 0.821 bits per heavy atom. The first kappa shape index (κ1) is 48.7. The minimum atomic E-state index is -0.140. The molecule has 0 saturated heterocycles. The van der Waals surface area contributed by atoms with Gasteiger partial charge in [-0.2, -0.15) is 0 Å². The van der Waals surface area contributed by atoms with Crippen molar-refractivity contribution in [1.82, 2.24) is 0 Å². The van der Waals surface area contributed by atoms with E-state index in [-0.39, 0.29) is 42.4 Å². The average molecular weight is 1300 g/mol. The van der Waals surface area contributed by atoms with Crippen LogP contribution in [0.25, 0.3) is 196 Å². The summed E-state index contributed by atoms with van der Waals surface area (Å²) in [7, 11) is 0. The Labute approximate surface area is 509 Å². The number of hydrogen-bond acceptors (Lipinski definition) is 0. The Kier molecular flexibility index (Phi) is 9.88. The molecule has 0 saturated carbocycles. The van der Waals surface area contributed by atoms with E-state index in [0.29, 0.717) is 0 Å². The third-order valence-electron chi connectivity index (χ3n) is 20.6. The first-order chi connectivity index (χ1) is 41.1. The van der Waals surface area contributed by atoms with Gasteiger partial charge in [0.2, 0.25) is 0 Å². The number of alkyl halides is 2. The summed E-state index contributed by atoms with van der Waals surface area (Å²) in [6.45, 7) is 18.8. The van der Waals surface area contributed by atoms with Crippen LogP contribution in [0.15, 0.2) is 170 Å². The van der Waals surface area contributed by atoms with Crippen LogP contribution in [0.1, 0.15) is 62.8 Å². The molecule has 0 amide bonds. The van der Waals surface area contributed by atoms with Crippen LogP contribution >= 0.6 is 0 Å².